The predicted octanol–water partition coefficient (Wildman–Crippen LogP) is 4.34. The van der Waals surface area contributed by atoms with Crippen LogP contribution < -0.4 is 0 Å². The van der Waals surface area contributed by atoms with Crippen LogP contribution in [0.4, 0.5) is 0 Å². The van der Waals surface area contributed by atoms with Crippen molar-refractivity contribution in [3.05, 3.63) is 24.3 Å². The van der Waals surface area contributed by atoms with Crippen molar-refractivity contribution in [2.24, 2.45) is 23.7 Å². The van der Waals surface area contributed by atoms with E-state index >= 15 is 0 Å². The summed E-state index contributed by atoms with van der Waals surface area (Å²) in [5.74, 6) is 4.22. The van der Waals surface area contributed by atoms with Gasteiger partial charge in [0.05, 0.1) is 0 Å². The van der Waals surface area contributed by atoms with Crippen LogP contribution in [0, 0.1) is 23.7 Å². The monoisotopic (exact) mass is 202 g/mol. The minimum absolute atomic E-state index is 1.03. The van der Waals surface area contributed by atoms with Gasteiger partial charge in [-0.2, -0.15) is 0 Å². The molecule has 0 spiro atoms. The van der Waals surface area contributed by atoms with Gasteiger partial charge in [0.15, 0.2) is 0 Å². The van der Waals surface area contributed by atoms with Crippen LogP contribution in [0.1, 0.15) is 44.9 Å². The van der Waals surface area contributed by atoms with E-state index in [1.807, 2.05) is 0 Å². The Labute approximate surface area is 93.5 Å². The summed E-state index contributed by atoms with van der Waals surface area (Å²) in [5.41, 5.74) is 0. The van der Waals surface area contributed by atoms with Gasteiger partial charge in [-0.3, -0.25) is 0 Å². The molecule has 0 radical (unpaired) electrons. The molecule has 2 fully saturated rings. The van der Waals surface area contributed by atoms with Crippen LogP contribution in [0.25, 0.3) is 0 Å². The zero-order valence-corrected chi connectivity index (χ0v) is 9.57. The second-order valence-electron chi connectivity index (χ2n) is 5.65. The Kier molecular flexibility index (Phi) is 2.68. The molecule has 4 atom stereocenters. The van der Waals surface area contributed by atoms with Crippen LogP contribution in [-0.4, -0.2) is 0 Å². The van der Waals surface area contributed by atoms with Gasteiger partial charge in [-0.15, -0.1) is 0 Å². The fourth-order valence-corrected chi connectivity index (χ4v) is 4.20. The first-order valence-electron chi connectivity index (χ1n) is 6.75. The Hall–Kier alpha value is -0.520. The van der Waals surface area contributed by atoms with E-state index in [0.29, 0.717) is 0 Å². The highest BCUT2D eigenvalue weighted by Crippen LogP contribution is 2.54. The summed E-state index contributed by atoms with van der Waals surface area (Å²) in [7, 11) is 0. The molecule has 0 aliphatic heterocycles. The summed E-state index contributed by atoms with van der Waals surface area (Å²) in [6, 6.07) is 0. The third-order valence-electron chi connectivity index (χ3n) is 4.92. The van der Waals surface area contributed by atoms with Crippen LogP contribution in [0.5, 0.6) is 0 Å². The molecule has 4 unspecified atom stereocenters. The van der Waals surface area contributed by atoms with E-state index in [0.717, 1.165) is 23.7 Å². The first kappa shape index (κ1) is 9.69. The molecule has 0 aromatic rings. The summed E-state index contributed by atoms with van der Waals surface area (Å²) in [5, 5.41) is 0. The lowest BCUT2D eigenvalue weighted by atomic mass is 9.75. The largest absolute Gasteiger partial charge is 0.0882 e. The zero-order valence-electron chi connectivity index (χ0n) is 9.57. The molecule has 3 rings (SSSR count). The number of rotatable bonds is 0. The summed E-state index contributed by atoms with van der Waals surface area (Å²) < 4.78 is 0. The second kappa shape index (κ2) is 4.15. The van der Waals surface area contributed by atoms with E-state index in [1.54, 1.807) is 6.42 Å². The first-order chi connectivity index (χ1) is 7.45. The molecule has 0 aromatic heterocycles. The highest BCUT2D eigenvalue weighted by molar-refractivity contribution is 5.03. The Bertz CT molecular complexity index is 246. The van der Waals surface area contributed by atoms with E-state index in [-0.39, 0.29) is 0 Å². The van der Waals surface area contributed by atoms with Crippen LogP contribution in [0.15, 0.2) is 24.3 Å². The molecule has 3 aliphatic rings. The third-order valence-corrected chi connectivity index (χ3v) is 4.92. The van der Waals surface area contributed by atoms with Crippen LogP contribution in [0.3, 0.4) is 0 Å². The smallest absolute Gasteiger partial charge is 0.0316 e. The molecular weight excluding hydrogens is 180 g/mol. The minimum Gasteiger partial charge on any atom is -0.0882 e. The maximum Gasteiger partial charge on any atom is -0.0316 e. The van der Waals surface area contributed by atoms with Crippen molar-refractivity contribution in [2.75, 3.05) is 0 Å². The van der Waals surface area contributed by atoms with Gasteiger partial charge < -0.3 is 0 Å². The molecule has 0 N–H and O–H groups in total. The van der Waals surface area contributed by atoms with E-state index in [4.69, 9.17) is 0 Å². The normalized spacial score (nSPS) is 48.5. The van der Waals surface area contributed by atoms with Crippen molar-refractivity contribution in [3.63, 3.8) is 0 Å². The van der Waals surface area contributed by atoms with E-state index in [9.17, 15) is 0 Å². The molecule has 15 heavy (non-hydrogen) atoms. The van der Waals surface area contributed by atoms with E-state index in [2.05, 4.69) is 24.3 Å². The van der Waals surface area contributed by atoms with Gasteiger partial charge in [-0.25, -0.2) is 0 Å². The average Bonchev–Trinajstić information content (AvgIpc) is 2.85. The summed E-state index contributed by atoms with van der Waals surface area (Å²) in [6.07, 6.45) is 19.6. The second-order valence-corrected chi connectivity index (χ2v) is 5.65. The highest BCUT2D eigenvalue weighted by Gasteiger charge is 2.45. The Morgan fingerprint density at radius 1 is 0.667 bits per heavy atom. The summed E-state index contributed by atoms with van der Waals surface area (Å²) in [4.78, 5) is 0. The highest BCUT2D eigenvalue weighted by atomic mass is 14.5. The molecule has 82 valence electrons. The maximum absolute atomic E-state index is 2.47. The minimum atomic E-state index is 1.03. The summed E-state index contributed by atoms with van der Waals surface area (Å²) >= 11 is 0. The van der Waals surface area contributed by atoms with Crippen molar-refractivity contribution >= 4 is 0 Å². The first-order valence-corrected chi connectivity index (χ1v) is 6.75. The molecule has 2 bridgehead atoms. The van der Waals surface area contributed by atoms with Crippen LogP contribution in [0.2, 0.25) is 0 Å². The van der Waals surface area contributed by atoms with E-state index in [1.165, 1.54) is 38.5 Å². The SMILES string of the molecule is C1=C\CC2C3CCC(C3)C2C/C=C\CC/1. The molecule has 0 nitrogen and oxygen atoms in total. The van der Waals surface area contributed by atoms with Gasteiger partial charge in [0, 0.05) is 0 Å². The standard InChI is InChI=1S/C15H22/c1-2-4-6-8-15-13-10-9-12(11-13)14(15)7-5-3-1/h3-6,12-15H,1-2,7-11H2/b5-3-,6-4-. The fraction of sp³-hybridized carbons (Fsp3) is 0.733. The number of allylic oxidation sites excluding steroid dienone is 4. The molecule has 0 amide bonds. The maximum atomic E-state index is 2.47. The third kappa shape index (κ3) is 1.79. The summed E-state index contributed by atoms with van der Waals surface area (Å²) in [6.45, 7) is 0. The van der Waals surface area contributed by atoms with Gasteiger partial charge in [0.1, 0.15) is 0 Å². The lowest BCUT2D eigenvalue weighted by molar-refractivity contribution is 0.224. The van der Waals surface area contributed by atoms with Gasteiger partial charge in [-0.05, 0) is 68.6 Å². The quantitative estimate of drug-likeness (QED) is 0.513. The van der Waals surface area contributed by atoms with Crippen molar-refractivity contribution in [3.8, 4) is 0 Å². The Morgan fingerprint density at radius 3 is 1.73 bits per heavy atom. The van der Waals surface area contributed by atoms with Gasteiger partial charge in [-0.1, -0.05) is 24.3 Å². The van der Waals surface area contributed by atoms with Crippen molar-refractivity contribution in [2.45, 2.75) is 44.9 Å². The van der Waals surface area contributed by atoms with Gasteiger partial charge >= 0.3 is 0 Å². The molecule has 3 aliphatic carbocycles. The molecular formula is C15H22. The van der Waals surface area contributed by atoms with Crippen LogP contribution >= 0.6 is 0 Å². The molecule has 0 aromatic carbocycles. The van der Waals surface area contributed by atoms with Crippen molar-refractivity contribution in [1.29, 1.82) is 0 Å². The lowest BCUT2D eigenvalue weighted by Crippen LogP contribution is -2.21. The number of hydrogen-bond donors (Lipinski definition) is 0. The molecule has 0 saturated heterocycles. The fourth-order valence-electron chi connectivity index (χ4n) is 4.20. The predicted molar refractivity (Wildman–Crippen MR) is 64.6 cm³/mol. The van der Waals surface area contributed by atoms with Crippen LogP contribution in [-0.2, 0) is 0 Å². The number of fused-ring (bicyclic) bond motifs is 5. The Morgan fingerprint density at radius 2 is 1.20 bits per heavy atom. The average molecular weight is 202 g/mol. The van der Waals surface area contributed by atoms with Gasteiger partial charge in [0.25, 0.3) is 0 Å². The molecule has 2 saturated carbocycles. The van der Waals surface area contributed by atoms with E-state index < -0.39 is 0 Å². The number of hydrogen-bond acceptors (Lipinski definition) is 0. The zero-order chi connectivity index (χ0) is 10.1. The van der Waals surface area contributed by atoms with Crippen molar-refractivity contribution < 1.29 is 0 Å². The molecule has 0 heterocycles. The molecule has 0 heteroatoms. The van der Waals surface area contributed by atoms with Crippen molar-refractivity contribution in [1.82, 2.24) is 0 Å². The Balaban J connectivity index is 1.77. The lowest BCUT2D eigenvalue weighted by Gasteiger charge is -2.30. The van der Waals surface area contributed by atoms with Gasteiger partial charge in [0.2, 0.25) is 0 Å². The topological polar surface area (TPSA) is 0 Å².